The molecule has 1 fully saturated rings. The van der Waals surface area contributed by atoms with Crippen molar-refractivity contribution in [3.63, 3.8) is 0 Å². The largest absolute Gasteiger partial charge is 0.490 e. The molecule has 0 aromatic heterocycles. The van der Waals surface area contributed by atoms with Crippen LogP contribution in [0.4, 0.5) is 5.69 Å². The van der Waals surface area contributed by atoms with Crippen molar-refractivity contribution in [1.29, 1.82) is 0 Å². The second kappa shape index (κ2) is 11.6. The van der Waals surface area contributed by atoms with Crippen molar-refractivity contribution in [2.24, 2.45) is 10.9 Å². The van der Waals surface area contributed by atoms with Crippen LogP contribution in [0.2, 0.25) is 0 Å². The van der Waals surface area contributed by atoms with Crippen LogP contribution < -0.4 is 9.47 Å². The number of amides is 1. The molecule has 0 radical (unpaired) electrons. The van der Waals surface area contributed by atoms with Crippen molar-refractivity contribution >= 4 is 56.5 Å². The SMILES string of the molecule is CCOc1cc(/C=C2/SC(=Nc3ccc(C)cc3)N(CC(C)C)C2=O)cc(Br)c1OCC(=O)O. The van der Waals surface area contributed by atoms with Crippen molar-refractivity contribution in [3.05, 3.63) is 56.9 Å². The van der Waals surface area contributed by atoms with Crippen LogP contribution in [0.25, 0.3) is 6.08 Å². The molecule has 0 unspecified atom stereocenters. The molecular weight excluding hydrogens is 520 g/mol. The highest BCUT2D eigenvalue weighted by molar-refractivity contribution is 9.10. The van der Waals surface area contributed by atoms with Crippen molar-refractivity contribution in [2.45, 2.75) is 27.7 Å². The van der Waals surface area contributed by atoms with Crippen LogP contribution in [-0.4, -0.2) is 46.8 Å². The molecule has 7 nitrogen and oxygen atoms in total. The Bertz CT molecular complexity index is 1130. The Morgan fingerprint density at radius 1 is 1.24 bits per heavy atom. The number of ether oxygens (including phenoxy) is 2. The summed E-state index contributed by atoms with van der Waals surface area (Å²) in [5.74, 6) is -0.215. The maximum Gasteiger partial charge on any atom is 0.341 e. The van der Waals surface area contributed by atoms with E-state index in [0.717, 1.165) is 16.8 Å². The van der Waals surface area contributed by atoms with E-state index in [1.165, 1.54) is 11.8 Å². The maximum atomic E-state index is 13.3. The Balaban J connectivity index is 1.97. The van der Waals surface area contributed by atoms with E-state index in [4.69, 9.17) is 19.6 Å². The monoisotopic (exact) mass is 546 g/mol. The van der Waals surface area contributed by atoms with Gasteiger partial charge >= 0.3 is 5.97 Å². The van der Waals surface area contributed by atoms with Gasteiger partial charge in [-0.25, -0.2) is 9.79 Å². The Kier molecular flexibility index (Phi) is 8.79. The maximum absolute atomic E-state index is 13.3. The lowest BCUT2D eigenvalue weighted by Crippen LogP contribution is -2.32. The van der Waals surface area contributed by atoms with E-state index in [0.29, 0.717) is 39.2 Å². The van der Waals surface area contributed by atoms with E-state index < -0.39 is 12.6 Å². The van der Waals surface area contributed by atoms with E-state index in [9.17, 15) is 9.59 Å². The van der Waals surface area contributed by atoms with Crippen LogP contribution in [-0.2, 0) is 9.59 Å². The molecule has 180 valence electrons. The number of carboxylic acid groups (broad SMARTS) is 1. The van der Waals surface area contributed by atoms with E-state index in [2.05, 4.69) is 29.8 Å². The van der Waals surface area contributed by atoms with Gasteiger partial charge in [-0.2, -0.15) is 0 Å². The summed E-state index contributed by atoms with van der Waals surface area (Å²) in [5.41, 5.74) is 2.65. The van der Waals surface area contributed by atoms with Gasteiger partial charge in [0, 0.05) is 6.54 Å². The van der Waals surface area contributed by atoms with E-state index in [1.807, 2.05) is 38.1 Å². The molecule has 1 amide bonds. The molecule has 2 aromatic carbocycles. The zero-order chi connectivity index (χ0) is 24.8. The highest BCUT2D eigenvalue weighted by Gasteiger charge is 2.33. The highest BCUT2D eigenvalue weighted by Crippen LogP contribution is 2.40. The van der Waals surface area contributed by atoms with Crippen molar-refractivity contribution in [3.8, 4) is 11.5 Å². The minimum absolute atomic E-state index is 0.107. The number of aliphatic imine (C=N–C) groups is 1. The topological polar surface area (TPSA) is 88.4 Å². The molecule has 0 bridgehead atoms. The Morgan fingerprint density at radius 2 is 1.94 bits per heavy atom. The quantitative estimate of drug-likeness (QED) is 0.395. The molecule has 9 heteroatoms. The lowest BCUT2D eigenvalue weighted by molar-refractivity contribution is -0.139. The molecule has 1 aliphatic heterocycles. The van der Waals surface area contributed by atoms with Gasteiger partial charge in [0.2, 0.25) is 0 Å². The lowest BCUT2D eigenvalue weighted by atomic mass is 10.1. The van der Waals surface area contributed by atoms with Crippen LogP contribution in [0.5, 0.6) is 11.5 Å². The Labute approximate surface area is 212 Å². The number of thioether (sulfide) groups is 1. The summed E-state index contributed by atoms with van der Waals surface area (Å²) >= 11 is 4.76. The number of carbonyl (C=O) groups is 2. The van der Waals surface area contributed by atoms with Gasteiger partial charge in [-0.3, -0.25) is 9.69 Å². The average Bonchev–Trinajstić information content (AvgIpc) is 3.03. The van der Waals surface area contributed by atoms with Gasteiger partial charge < -0.3 is 14.6 Å². The Morgan fingerprint density at radius 3 is 2.56 bits per heavy atom. The summed E-state index contributed by atoms with van der Waals surface area (Å²) < 4.78 is 11.6. The third-order valence-electron chi connectivity index (χ3n) is 4.66. The number of rotatable bonds is 9. The summed E-state index contributed by atoms with van der Waals surface area (Å²) in [6.07, 6.45) is 1.78. The number of hydrogen-bond acceptors (Lipinski definition) is 6. The van der Waals surface area contributed by atoms with Crippen LogP contribution >= 0.6 is 27.7 Å². The van der Waals surface area contributed by atoms with Gasteiger partial charge in [-0.05, 0) is 83.4 Å². The van der Waals surface area contributed by atoms with Crippen molar-refractivity contribution < 1.29 is 24.2 Å². The minimum Gasteiger partial charge on any atom is -0.490 e. The first-order chi connectivity index (χ1) is 16.2. The van der Waals surface area contributed by atoms with Crippen LogP contribution in [0.1, 0.15) is 31.9 Å². The molecule has 1 aliphatic rings. The highest BCUT2D eigenvalue weighted by atomic mass is 79.9. The van der Waals surface area contributed by atoms with Gasteiger partial charge in [0.05, 0.1) is 21.7 Å². The van der Waals surface area contributed by atoms with Gasteiger partial charge in [0.1, 0.15) is 0 Å². The molecule has 0 aliphatic carbocycles. The summed E-state index contributed by atoms with van der Waals surface area (Å²) in [4.78, 5) is 31.2. The summed E-state index contributed by atoms with van der Waals surface area (Å²) in [7, 11) is 0. The fraction of sp³-hybridized carbons (Fsp3) is 0.320. The number of aliphatic carboxylic acids is 1. The molecular formula is C25H27BrN2O5S. The number of carbonyl (C=O) groups excluding carboxylic acids is 1. The van der Waals surface area contributed by atoms with Crippen molar-refractivity contribution in [1.82, 2.24) is 4.90 Å². The number of halogens is 1. The zero-order valence-electron chi connectivity index (χ0n) is 19.5. The summed E-state index contributed by atoms with van der Waals surface area (Å²) in [6, 6.07) is 11.3. The van der Waals surface area contributed by atoms with Gasteiger partial charge in [-0.1, -0.05) is 31.5 Å². The predicted molar refractivity (Wildman–Crippen MR) is 139 cm³/mol. The number of hydrogen-bond donors (Lipinski definition) is 1. The molecule has 1 heterocycles. The van der Waals surface area contributed by atoms with E-state index in [1.54, 1.807) is 23.1 Å². The zero-order valence-corrected chi connectivity index (χ0v) is 21.9. The molecule has 3 rings (SSSR count). The molecule has 34 heavy (non-hydrogen) atoms. The fourth-order valence-corrected chi connectivity index (χ4v) is 4.79. The molecule has 1 N–H and O–H groups in total. The van der Waals surface area contributed by atoms with Gasteiger partial charge in [-0.15, -0.1) is 0 Å². The smallest absolute Gasteiger partial charge is 0.341 e. The van der Waals surface area contributed by atoms with E-state index in [-0.39, 0.29) is 11.8 Å². The number of nitrogens with zero attached hydrogens (tertiary/aromatic N) is 2. The predicted octanol–water partition coefficient (Wildman–Crippen LogP) is 5.88. The number of aryl methyl sites for hydroxylation is 1. The Hall–Kier alpha value is -2.78. The second-order valence-corrected chi connectivity index (χ2v) is 9.96. The van der Waals surface area contributed by atoms with E-state index >= 15 is 0 Å². The standard InChI is InChI=1S/C25H27BrN2O5S/c1-5-32-20-11-17(10-19(26)23(20)33-14-22(29)30)12-21-24(31)28(13-15(2)3)25(34-21)27-18-8-6-16(4)7-9-18/h6-12,15H,5,13-14H2,1-4H3,(H,29,30)/b21-12+,27-25?. The van der Waals surface area contributed by atoms with Crippen LogP contribution in [0.15, 0.2) is 50.8 Å². The minimum atomic E-state index is -1.08. The first-order valence-corrected chi connectivity index (χ1v) is 12.5. The third kappa shape index (κ3) is 6.64. The normalized spacial score (nSPS) is 16.1. The number of benzene rings is 2. The van der Waals surface area contributed by atoms with Crippen molar-refractivity contribution in [2.75, 3.05) is 19.8 Å². The number of amidine groups is 1. The molecule has 0 atom stereocenters. The first-order valence-electron chi connectivity index (χ1n) is 10.9. The number of carboxylic acids is 1. The molecule has 1 saturated heterocycles. The molecule has 0 spiro atoms. The second-order valence-electron chi connectivity index (χ2n) is 8.10. The average molecular weight is 547 g/mol. The fourth-order valence-electron chi connectivity index (χ4n) is 3.21. The third-order valence-corrected chi connectivity index (χ3v) is 6.26. The summed E-state index contributed by atoms with van der Waals surface area (Å²) in [6.45, 7) is 8.41. The van der Waals surface area contributed by atoms with Gasteiger partial charge in [0.25, 0.3) is 5.91 Å². The molecule has 0 saturated carbocycles. The van der Waals surface area contributed by atoms with Crippen LogP contribution in [0, 0.1) is 12.8 Å². The molecule has 2 aromatic rings. The van der Waals surface area contributed by atoms with Gasteiger partial charge in [0.15, 0.2) is 23.3 Å². The lowest BCUT2D eigenvalue weighted by Gasteiger charge is -2.17. The first kappa shape index (κ1) is 25.8. The summed E-state index contributed by atoms with van der Waals surface area (Å²) in [5, 5.41) is 9.58. The van der Waals surface area contributed by atoms with Crippen LogP contribution in [0.3, 0.4) is 0 Å².